The van der Waals surface area contributed by atoms with Gasteiger partial charge in [0.2, 0.25) is 0 Å². The fourth-order valence-electron chi connectivity index (χ4n) is 3.84. The Kier molecular flexibility index (Phi) is 6.99. The smallest absolute Gasteiger partial charge is 0.331 e. The molecule has 1 aromatic heterocycles. The first-order valence-electron chi connectivity index (χ1n) is 11.5. The van der Waals surface area contributed by atoms with E-state index < -0.39 is 5.60 Å². The van der Waals surface area contributed by atoms with Gasteiger partial charge in [-0.1, -0.05) is 41.5 Å². The number of esters is 1. The molecule has 0 bridgehead atoms. The molecule has 4 rings (SSSR count). The summed E-state index contributed by atoms with van der Waals surface area (Å²) in [7, 11) is 1.68. The Morgan fingerprint density at radius 2 is 1.54 bits per heavy atom. The van der Waals surface area contributed by atoms with E-state index in [1.807, 2.05) is 63.2 Å². The highest BCUT2D eigenvalue weighted by Crippen LogP contribution is 2.47. The van der Waals surface area contributed by atoms with Crippen LogP contribution in [0.15, 0.2) is 66.7 Å². The van der Waals surface area contributed by atoms with Gasteiger partial charge in [0.25, 0.3) is 0 Å². The number of rotatable bonds is 6. The maximum Gasteiger partial charge on any atom is 0.331 e. The van der Waals surface area contributed by atoms with E-state index in [1.54, 1.807) is 24.5 Å². The third-order valence-electron chi connectivity index (χ3n) is 5.25. The van der Waals surface area contributed by atoms with Crippen molar-refractivity contribution in [3.8, 4) is 27.7 Å². The third kappa shape index (κ3) is 6.11. The normalized spacial score (nSPS) is 11.7. The van der Waals surface area contributed by atoms with Gasteiger partial charge in [-0.3, -0.25) is 0 Å². The van der Waals surface area contributed by atoms with Crippen molar-refractivity contribution in [1.29, 1.82) is 0 Å². The molecule has 0 aliphatic carbocycles. The zero-order chi connectivity index (χ0) is 25.2. The van der Waals surface area contributed by atoms with Crippen molar-refractivity contribution in [3.63, 3.8) is 0 Å². The summed E-state index contributed by atoms with van der Waals surface area (Å²) in [5.74, 6) is 2.00. The van der Waals surface area contributed by atoms with Crippen molar-refractivity contribution >= 4 is 33.5 Å². The predicted molar refractivity (Wildman–Crippen MR) is 145 cm³/mol. The second-order valence-electron chi connectivity index (χ2n) is 9.54. The minimum absolute atomic E-state index is 0.365. The van der Waals surface area contributed by atoms with E-state index in [-0.39, 0.29) is 5.97 Å². The summed E-state index contributed by atoms with van der Waals surface area (Å²) in [6, 6.07) is 20.3. The number of carbonyl (C=O) groups excluding carboxylic acids is 1. The molecule has 0 radical (unpaired) electrons. The summed E-state index contributed by atoms with van der Waals surface area (Å²) in [5, 5.41) is 1.04. The van der Waals surface area contributed by atoms with E-state index in [0.29, 0.717) is 0 Å². The quantitative estimate of drug-likeness (QED) is 0.203. The molecule has 1 heterocycles. The van der Waals surface area contributed by atoms with Crippen LogP contribution in [0.1, 0.15) is 37.5 Å². The van der Waals surface area contributed by atoms with Gasteiger partial charge in [-0.05, 0) is 82.2 Å². The van der Waals surface area contributed by atoms with Gasteiger partial charge in [0, 0.05) is 16.2 Å². The highest BCUT2D eigenvalue weighted by molar-refractivity contribution is 7.22. The summed E-state index contributed by atoms with van der Waals surface area (Å²) in [5.41, 5.74) is 3.93. The van der Waals surface area contributed by atoms with Gasteiger partial charge in [0.05, 0.1) is 12.0 Å². The van der Waals surface area contributed by atoms with Crippen LogP contribution in [0.2, 0.25) is 0 Å². The zero-order valence-corrected chi connectivity index (χ0v) is 21.8. The molecule has 0 aliphatic heterocycles. The number of aryl methyl sites for hydroxylation is 2. The molecule has 3 aromatic carbocycles. The van der Waals surface area contributed by atoms with Crippen LogP contribution >= 0.6 is 11.3 Å². The minimum atomic E-state index is -0.514. The zero-order valence-electron chi connectivity index (χ0n) is 21.0. The number of methoxy groups -OCH3 is 1. The summed E-state index contributed by atoms with van der Waals surface area (Å²) < 4.78 is 18.3. The molecule has 0 fully saturated rings. The summed E-state index contributed by atoms with van der Waals surface area (Å²) in [6.45, 7) is 9.76. The highest BCUT2D eigenvalue weighted by Gasteiger charge is 2.18. The first-order chi connectivity index (χ1) is 16.6. The maximum atomic E-state index is 12.0. The SMILES string of the molecule is COc1ccc2c(Oc3ccc(C=CC(=O)OC(C)(C)C)cc3)c(-c3cc(C)cc(C)c3)sc2c1. The molecule has 4 aromatic rings. The van der Waals surface area contributed by atoms with Gasteiger partial charge in [0.15, 0.2) is 5.75 Å². The number of benzene rings is 3. The molecule has 0 unspecified atom stereocenters. The minimum Gasteiger partial charge on any atom is -0.497 e. The van der Waals surface area contributed by atoms with Crippen molar-refractivity contribution in [2.45, 2.75) is 40.2 Å². The lowest BCUT2D eigenvalue weighted by molar-refractivity contribution is -0.148. The fraction of sp³-hybridized carbons (Fsp3) is 0.233. The van der Waals surface area contributed by atoms with E-state index in [4.69, 9.17) is 14.2 Å². The third-order valence-corrected chi connectivity index (χ3v) is 6.44. The summed E-state index contributed by atoms with van der Waals surface area (Å²) in [6.07, 6.45) is 3.18. The molecule has 0 aliphatic rings. The number of carbonyl (C=O) groups is 1. The lowest BCUT2D eigenvalue weighted by atomic mass is 10.1. The van der Waals surface area contributed by atoms with Crippen molar-refractivity contribution in [2.75, 3.05) is 7.11 Å². The molecule has 35 heavy (non-hydrogen) atoms. The average Bonchev–Trinajstić information content (AvgIpc) is 3.14. The summed E-state index contributed by atoms with van der Waals surface area (Å²) in [4.78, 5) is 13.0. The number of hydrogen-bond donors (Lipinski definition) is 0. The first-order valence-corrected chi connectivity index (χ1v) is 12.3. The Morgan fingerprint density at radius 3 is 2.17 bits per heavy atom. The van der Waals surface area contributed by atoms with Crippen LogP contribution < -0.4 is 9.47 Å². The van der Waals surface area contributed by atoms with Crippen LogP contribution in [0, 0.1) is 13.8 Å². The molecule has 0 amide bonds. The van der Waals surface area contributed by atoms with Gasteiger partial charge in [-0.15, -0.1) is 11.3 Å². The highest BCUT2D eigenvalue weighted by atomic mass is 32.1. The summed E-state index contributed by atoms with van der Waals surface area (Å²) >= 11 is 1.69. The molecule has 0 atom stereocenters. The molecule has 0 saturated heterocycles. The van der Waals surface area contributed by atoms with Crippen molar-refractivity contribution < 1.29 is 19.0 Å². The lowest BCUT2D eigenvalue weighted by Gasteiger charge is -2.17. The maximum absolute atomic E-state index is 12.0. The monoisotopic (exact) mass is 486 g/mol. The van der Waals surface area contributed by atoms with Crippen molar-refractivity contribution in [1.82, 2.24) is 0 Å². The molecule has 5 heteroatoms. The van der Waals surface area contributed by atoms with Crippen molar-refractivity contribution in [3.05, 3.63) is 83.4 Å². The van der Waals surface area contributed by atoms with Crippen LogP contribution in [-0.4, -0.2) is 18.7 Å². The second kappa shape index (κ2) is 9.96. The lowest BCUT2D eigenvalue weighted by Crippen LogP contribution is -2.22. The van der Waals surface area contributed by atoms with Gasteiger partial charge in [0.1, 0.15) is 17.1 Å². The molecule has 0 saturated carbocycles. The Bertz CT molecular complexity index is 1370. The van der Waals surface area contributed by atoms with E-state index in [9.17, 15) is 4.79 Å². The largest absolute Gasteiger partial charge is 0.497 e. The van der Waals surface area contributed by atoms with Crippen LogP contribution in [0.25, 0.3) is 26.6 Å². The Hall–Kier alpha value is -3.57. The van der Waals surface area contributed by atoms with Crippen molar-refractivity contribution in [2.24, 2.45) is 0 Å². The number of fused-ring (bicyclic) bond motifs is 1. The fourth-order valence-corrected chi connectivity index (χ4v) is 4.99. The molecule has 0 N–H and O–H groups in total. The van der Waals surface area contributed by atoms with Gasteiger partial charge in [-0.2, -0.15) is 0 Å². The van der Waals surface area contributed by atoms with E-state index in [1.165, 1.54) is 17.2 Å². The first kappa shape index (κ1) is 24.6. The topological polar surface area (TPSA) is 44.8 Å². The number of ether oxygens (including phenoxy) is 3. The molecule has 4 nitrogen and oxygen atoms in total. The van der Waals surface area contributed by atoms with Crippen LogP contribution in [-0.2, 0) is 9.53 Å². The second-order valence-corrected chi connectivity index (χ2v) is 10.6. The van der Waals surface area contributed by atoms with Gasteiger partial charge in [-0.25, -0.2) is 4.79 Å². The van der Waals surface area contributed by atoms with Gasteiger partial charge >= 0.3 is 5.97 Å². The van der Waals surface area contributed by atoms with Crippen LogP contribution in [0.4, 0.5) is 0 Å². The van der Waals surface area contributed by atoms with Gasteiger partial charge < -0.3 is 14.2 Å². The Morgan fingerprint density at radius 1 is 0.886 bits per heavy atom. The number of thiophene rings is 1. The molecular formula is C30H30O4S. The Balaban J connectivity index is 1.66. The standard InChI is InChI=1S/C30H30O4S/c1-19-15-20(2)17-22(16-19)29-28(25-13-12-24(32-6)18-26(25)35-29)33-23-10-7-21(8-11-23)9-14-27(31)34-30(3,4)5/h7-18H,1-6H3. The van der Waals surface area contributed by atoms with E-state index in [0.717, 1.165) is 43.3 Å². The predicted octanol–water partition coefficient (Wildman–Crippen LogP) is 8.34. The molecule has 0 spiro atoms. The van der Waals surface area contributed by atoms with E-state index in [2.05, 4.69) is 32.0 Å². The van der Waals surface area contributed by atoms with Crippen LogP contribution in [0.5, 0.6) is 17.2 Å². The number of hydrogen-bond acceptors (Lipinski definition) is 5. The van der Waals surface area contributed by atoms with E-state index >= 15 is 0 Å². The molecule has 180 valence electrons. The molecular weight excluding hydrogens is 456 g/mol. The average molecular weight is 487 g/mol. The Labute approximate surface area is 210 Å². The van der Waals surface area contributed by atoms with Crippen LogP contribution in [0.3, 0.4) is 0 Å².